The maximum Gasteiger partial charge on any atom is 0.178 e. The van der Waals surface area contributed by atoms with Crippen molar-refractivity contribution in [2.75, 3.05) is 0 Å². The second kappa shape index (κ2) is 4.31. The van der Waals surface area contributed by atoms with Gasteiger partial charge in [0.1, 0.15) is 5.78 Å². The fraction of sp³-hybridized carbons (Fsp3) is 0.600. The summed E-state index contributed by atoms with van der Waals surface area (Å²) < 4.78 is 15.9. The molecule has 22 heavy (non-hydrogen) atoms. The first-order chi connectivity index (χ1) is 11.3. The molecule has 3 saturated carbocycles. The number of hydrogen-bond donors (Lipinski definition) is 0. The molecule has 0 aliphatic heterocycles. The van der Waals surface area contributed by atoms with Crippen LogP contribution in [0.2, 0.25) is 0 Å². The van der Waals surface area contributed by atoms with E-state index in [1.54, 1.807) is 12.2 Å². The predicted molar refractivity (Wildman–Crippen MR) is 86.1 cm³/mol. The van der Waals surface area contributed by atoms with E-state index in [0.29, 0.717) is 42.0 Å². The lowest BCUT2D eigenvalue weighted by Crippen LogP contribution is -2.50. The molecular weight excluding hydrogens is 272 g/mol. The van der Waals surface area contributed by atoms with Crippen molar-refractivity contribution in [2.45, 2.75) is 46.0 Å². The fourth-order valence-electron chi connectivity index (χ4n) is 5.86. The van der Waals surface area contributed by atoms with Gasteiger partial charge in [0.05, 0.1) is 2.74 Å². The van der Waals surface area contributed by atoms with Gasteiger partial charge in [-0.15, -0.1) is 0 Å². The normalized spacial score (nSPS) is 48.0. The van der Waals surface area contributed by atoms with E-state index in [0.717, 1.165) is 24.8 Å². The number of hydrogen-bond acceptors (Lipinski definition) is 2. The summed E-state index contributed by atoms with van der Waals surface area (Å²) in [5, 5.41) is 0. The molecule has 0 amide bonds. The Morgan fingerprint density at radius 2 is 2.09 bits per heavy atom. The van der Waals surface area contributed by atoms with Crippen molar-refractivity contribution >= 4 is 11.6 Å². The van der Waals surface area contributed by atoms with Crippen LogP contribution in [0.5, 0.6) is 0 Å². The molecule has 4 rings (SSSR count). The van der Waals surface area contributed by atoms with Crippen molar-refractivity contribution in [1.82, 2.24) is 0 Å². The number of carbonyl (C=O) groups is 2. The Balaban J connectivity index is 1.83. The topological polar surface area (TPSA) is 34.1 Å². The molecule has 0 N–H and O–H groups in total. The van der Waals surface area contributed by atoms with E-state index in [1.165, 1.54) is 0 Å². The number of Topliss-reactive ketones (excluding diaryl/α,β-unsaturated/α-hetero) is 1. The van der Waals surface area contributed by atoms with E-state index in [1.807, 2.05) is 6.08 Å². The highest BCUT2D eigenvalue weighted by Gasteiger charge is 2.59. The van der Waals surface area contributed by atoms with Gasteiger partial charge in [-0.3, -0.25) is 9.59 Å². The third-order valence-corrected chi connectivity index (χ3v) is 7.14. The van der Waals surface area contributed by atoms with Gasteiger partial charge in [0.25, 0.3) is 0 Å². The third kappa shape index (κ3) is 1.61. The molecule has 2 heteroatoms. The molecule has 0 radical (unpaired) electrons. The van der Waals surface area contributed by atoms with E-state index in [9.17, 15) is 9.59 Å². The molecule has 0 unspecified atom stereocenters. The molecule has 0 aromatic carbocycles. The molecule has 2 nitrogen and oxygen atoms in total. The minimum Gasteiger partial charge on any atom is -0.299 e. The van der Waals surface area contributed by atoms with Crippen LogP contribution in [0.25, 0.3) is 0 Å². The molecule has 0 saturated heterocycles. The summed E-state index contributed by atoms with van der Waals surface area (Å²) in [4.78, 5) is 24.4. The van der Waals surface area contributed by atoms with Crippen molar-refractivity contribution in [3.05, 3.63) is 35.9 Å². The van der Waals surface area contributed by atoms with Gasteiger partial charge < -0.3 is 0 Å². The lowest BCUT2D eigenvalue weighted by Gasteiger charge is -2.56. The van der Waals surface area contributed by atoms with Gasteiger partial charge in [-0.2, -0.15) is 0 Å². The predicted octanol–water partition coefficient (Wildman–Crippen LogP) is 4.03. The van der Waals surface area contributed by atoms with Gasteiger partial charge in [0.2, 0.25) is 0 Å². The van der Waals surface area contributed by atoms with Crippen LogP contribution in [0.1, 0.15) is 48.7 Å². The number of allylic oxidation sites excluding steroid dienone is 5. The average Bonchev–Trinajstić information content (AvgIpc) is 2.83. The third-order valence-electron chi connectivity index (χ3n) is 7.14. The molecular formula is C20H24O2. The standard InChI is InChI=1S/C20H24O2/c1-12-10-14-15-4-5-18(22)20(15,3)9-7-16(14)19(2)8-6-13(21)11-17(12)19/h6,8,11,14-16H,1,4-5,7,9-10H2,2-3H3/t14-,15-,16-,19+,20-/m0/s1/i1D2. The molecule has 0 heterocycles. The zero-order valence-corrected chi connectivity index (χ0v) is 13.3. The Morgan fingerprint density at radius 3 is 2.86 bits per heavy atom. The summed E-state index contributed by atoms with van der Waals surface area (Å²) in [6.45, 7) is 4.11. The lowest BCUT2D eigenvalue weighted by molar-refractivity contribution is -0.131. The number of carbonyl (C=O) groups excluding carboxylic acids is 2. The van der Waals surface area contributed by atoms with Crippen LogP contribution in [0.4, 0.5) is 0 Å². The second-order valence-corrected chi connectivity index (χ2v) is 8.05. The van der Waals surface area contributed by atoms with Gasteiger partial charge in [-0.1, -0.05) is 32.0 Å². The molecule has 4 aliphatic carbocycles. The fourth-order valence-corrected chi connectivity index (χ4v) is 5.86. The quantitative estimate of drug-likeness (QED) is 0.676. The summed E-state index contributed by atoms with van der Waals surface area (Å²) in [5.74, 6) is 1.42. The van der Waals surface area contributed by atoms with Gasteiger partial charge in [0.15, 0.2) is 5.78 Å². The molecule has 5 atom stereocenters. The summed E-state index contributed by atoms with van der Waals surface area (Å²) in [5.41, 5.74) is 1.08. The van der Waals surface area contributed by atoms with Crippen molar-refractivity contribution < 1.29 is 12.3 Å². The van der Waals surface area contributed by atoms with E-state index < -0.39 is 0 Å². The van der Waals surface area contributed by atoms with Gasteiger partial charge in [-0.05, 0) is 61.2 Å². The maximum absolute atomic E-state index is 12.5. The van der Waals surface area contributed by atoms with Crippen LogP contribution < -0.4 is 0 Å². The van der Waals surface area contributed by atoms with Crippen molar-refractivity contribution in [3.63, 3.8) is 0 Å². The van der Waals surface area contributed by atoms with Crippen LogP contribution in [-0.4, -0.2) is 11.6 Å². The number of rotatable bonds is 0. The smallest absolute Gasteiger partial charge is 0.178 e. The molecule has 0 aromatic heterocycles. The van der Waals surface area contributed by atoms with E-state index >= 15 is 0 Å². The molecule has 116 valence electrons. The highest BCUT2D eigenvalue weighted by molar-refractivity contribution is 6.02. The first kappa shape index (κ1) is 12.0. The number of fused-ring (bicyclic) bond motifs is 5. The Bertz CT molecular complexity index is 728. The van der Waals surface area contributed by atoms with E-state index in [-0.39, 0.29) is 23.1 Å². The Morgan fingerprint density at radius 1 is 1.27 bits per heavy atom. The zero-order chi connectivity index (χ0) is 17.3. The Hall–Kier alpha value is -1.44. The van der Waals surface area contributed by atoms with Gasteiger partial charge in [-0.25, -0.2) is 0 Å². The monoisotopic (exact) mass is 298 g/mol. The SMILES string of the molecule is [2H]C([2H])=C1C[C@@H]2[C@H](CC[C@]3(C)C(=O)CC[C@@H]23)[C@@]2(C)C=CC(=O)C=C12. The first-order valence-corrected chi connectivity index (χ1v) is 8.43. The molecule has 4 aliphatic rings. The van der Waals surface area contributed by atoms with E-state index in [2.05, 4.69) is 13.8 Å². The van der Waals surface area contributed by atoms with Crippen LogP contribution in [0, 0.1) is 28.6 Å². The second-order valence-electron chi connectivity index (χ2n) is 8.05. The van der Waals surface area contributed by atoms with Gasteiger partial charge >= 0.3 is 0 Å². The molecule has 0 aromatic rings. The van der Waals surface area contributed by atoms with Crippen molar-refractivity contribution in [2.24, 2.45) is 28.6 Å². The summed E-state index contributed by atoms with van der Waals surface area (Å²) in [7, 11) is 0. The first-order valence-electron chi connectivity index (χ1n) is 9.43. The van der Waals surface area contributed by atoms with Crippen LogP contribution in [0.3, 0.4) is 0 Å². The minimum atomic E-state index is -0.285. The van der Waals surface area contributed by atoms with E-state index in [4.69, 9.17) is 2.74 Å². The van der Waals surface area contributed by atoms with Crippen LogP contribution in [-0.2, 0) is 9.59 Å². The lowest BCUT2D eigenvalue weighted by atomic mass is 9.48. The highest BCUT2D eigenvalue weighted by atomic mass is 16.1. The largest absolute Gasteiger partial charge is 0.299 e. The summed E-state index contributed by atoms with van der Waals surface area (Å²) in [6, 6.07) is 0. The molecule has 3 fully saturated rings. The summed E-state index contributed by atoms with van der Waals surface area (Å²) >= 11 is 0. The minimum absolute atomic E-state index is 0.0450. The van der Waals surface area contributed by atoms with Crippen LogP contribution >= 0.6 is 0 Å². The highest BCUT2D eigenvalue weighted by Crippen LogP contribution is 2.64. The maximum atomic E-state index is 12.5. The number of ketones is 2. The Labute approximate surface area is 135 Å². The summed E-state index contributed by atoms with van der Waals surface area (Å²) in [6.07, 6.45) is 9.48. The van der Waals surface area contributed by atoms with Crippen molar-refractivity contribution in [3.8, 4) is 0 Å². The van der Waals surface area contributed by atoms with Crippen LogP contribution in [0.15, 0.2) is 35.9 Å². The Kier molecular flexibility index (Phi) is 2.36. The van der Waals surface area contributed by atoms with Crippen molar-refractivity contribution in [1.29, 1.82) is 0 Å². The molecule has 0 spiro atoms. The zero-order valence-electron chi connectivity index (χ0n) is 15.3. The molecule has 0 bridgehead atoms. The average molecular weight is 298 g/mol. The van der Waals surface area contributed by atoms with Gasteiger partial charge in [0, 0.05) is 17.3 Å².